The molecule has 0 aliphatic heterocycles. The molecule has 1 amide bonds. The molecule has 0 unspecified atom stereocenters. The number of rotatable bonds is 5. The normalized spacial score (nSPS) is 11.9. The van der Waals surface area contributed by atoms with Gasteiger partial charge in [-0.1, -0.05) is 13.8 Å². The van der Waals surface area contributed by atoms with Crippen molar-refractivity contribution in [1.82, 2.24) is 10.2 Å². The van der Waals surface area contributed by atoms with E-state index in [-0.39, 0.29) is 11.3 Å². The molecule has 3 nitrogen and oxygen atoms in total. The SMILES string of the molecule is Cc1ccsc1C(=O)NCC(C)(C)CN(C)C. The predicted molar refractivity (Wildman–Crippen MR) is 73.7 cm³/mol. The summed E-state index contributed by atoms with van der Waals surface area (Å²) < 4.78 is 0. The molecule has 4 heteroatoms. The fourth-order valence-corrected chi connectivity index (χ4v) is 2.76. The van der Waals surface area contributed by atoms with Crippen molar-refractivity contribution in [2.24, 2.45) is 5.41 Å². The summed E-state index contributed by atoms with van der Waals surface area (Å²) >= 11 is 1.50. The summed E-state index contributed by atoms with van der Waals surface area (Å²) in [6.45, 7) is 7.94. The fourth-order valence-electron chi connectivity index (χ4n) is 1.92. The number of carbonyl (C=O) groups is 1. The first-order valence-corrected chi connectivity index (χ1v) is 6.67. The largest absolute Gasteiger partial charge is 0.351 e. The molecule has 0 saturated carbocycles. The Balaban J connectivity index is 2.51. The van der Waals surface area contributed by atoms with Crippen LogP contribution < -0.4 is 5.32 Å². The predicted octanol–water partition coefficient (Wildman–Crippen LogP) is 2.37. The summed E-state index contributed by atoms with van der Waals surface area (Å²) in [5.74, 6) is 0.0457. The number of hydrogen-bond donors (Lipinski definition) is 1. The molecule has 1 N–H and O–H groups in total. The molecule has 0 spiro atoms. The number of amides is 1. The number of nitrogens with one attached hydrogen (secondary N) is 1. The summed E-state index contributed by atoms with van der Waals surface area (Å²) in [6, 6.07) is 1.98. The highest BCUT2D eigenvalue weighted by molar-refractivity contribution is 7.12. The molecule has 0 saturated heterocycles. The lowest BCUT2D eigenvalue weighted by Gasteiger charge is -2.28. The van der Waals surface area contributed by atoms with Crippen LogP contribution in [0.4, 0.5) is 0 Å². The molecule has 17 heavy (non-hydrogen) atoms. The molecular formula is C13H22N2OS. The maximum absolute atomic E-state index is 11.9. The maximum atomic E-state index is 11.9. The van der Waals surface area contributed by atoms with Gasteiger partial charge in [0.1, 0.15) is 0 Å². The van der Waals surface area contributed by atoms with Crippen molar-refractivity contribution >= 4 is 17.2 Å². The summed E-state index contributed by atoms with van der Waals surface area (Å²) in [5.41, 5.74) is 1.14. The lowest BCUT2D eigenvalue weighted by atomic mass is 9.93. The smallest absolute Gasteiger partial charge is 0.261 e. The van der Waals surface area contributed by atoms with Crippen molar-refractivity contribution in [3.63, 3.8) is 0 Å². The van der Waals surface area contributed by atoms with E-state index in [2.05, 4.69) is 24.1 Å². The molecule has 0 bridgehead atoms. The van der Waals surface area contributed by atoms with Gasteiger partial charge < -0.3 is 10.2 Å². The van der Waals surface area contributed by atoms with Crippen LogP contribution in [-0.2, 0) is 0 Å². The van der Waals surface area contributed by atoms with Gasteiger partial charge >= 0.3 is 0 Å². The van der Waals surface area contributed by atoms with Crippen LogP contribution in [-0.4, -0.2) is 38.0 Å². The zero-order chi connectivity index (χ0) is 13.1. The second kappa shape index (κ2) is 5.65. The average Bonchev–Trinajstić information content (AvgIpc) is 2.59. The van der Waals surface area contributed by atoms with Crippen LogP contribution in [0.25, 0.3) is 0 Å². The Morgan fingerprint density at radius 2 is 2.12 bits per heavy atom. The zero-order valence-electron chi connectivity index (χ0n) is 11.3. The van der Waals surface area contributed by atoms with Gasteiger partial charge in [-0.3, -0.25) is 4.79 Å². The van der Waals surface area contributed by atoms with E-state index in [1.54, 1.807) is 0 Å². The van der Waals surface area contributed by atoms with Gasteiger partial charge in [-0.2, -0.15) is 0 Å². The lowest BCUT2D eigenvalue weighted by Crippen LogP contribution is -2.39. The van der Waals surface area contributed by atoms with E-state index in [0.717, 1.165) is 17.0 Å². The van der Waals surface area contributed by atoms with Crippen LogP contribution in [0.2, 0.25) is 0 Å². The van der Waals surface area contributed by atoms with Crippen molar-refractivity contribution in [2.75, 3.05) is 27.2 Å². The van der Waals surface area contributed by atoms with Crippen molar-refractivity contribution in [2.45, 2.75) is 20.8 Å². The van der Waals surface area contributed by atoms with Gasteiger partial charge in [-0.25, -0.2) is 0 Å². The highest BCUT2D eigenvalue weighted by Gasteiger charge is 2.20. The number of hydrogen-bond acceptors (Lipinski definition) is 3. The minimum absolute atomic E-state index is 0.0457. The molecule has 1 aromatic rings. The van der Waals surface area contributed by atoms with E-state index in [1.807, 2.05) is 32.5 Å². The number of carbonyl (C=O) groups excluding carboxylic acids is 1. The topological polar surface area (TPSA) is 32.3 Å². The van der Waals surface area contributed by atoms with Crippen LogP contribution in [0.15, 0.2) is 11.4 Å². The van der Waals surface area contributed by atoms with E-state index in [9.17, 15) is 4.79 Å². The van der Waals surface area contributed by atoms with Crippen molar-refractivity contribution in [3.8, 4) is 0 Å². The first kappa shape index (κ1) is 14.2. The number of thiophene rings is 1. The van der Waals surface area contributed by atoms with Gasteiger partial charge in [-0.05, 0) is 43.4 Å². The molecule has 96 valence electrons. The Morgan fingerprint density at radius 3 is 2.59 bits per heavy atom. The molecule has 0 fully saturated rings. The minimum Gasteiger partial charge on any atom is -0.351 e. The number of nitrogens with zero attached hydrogens (tertiary/aromatic N) is 1. The van der Waals surface area contributed by atoms with E-state index in [0.29, 0.717) is 6.54 Å². The van der Waals surface area contributed by atoms with Crippen LogP contribution in [0, 0.1) is 12.3 Å². The lowest BCUT2D eigenvalue weighted by molar-refractivity contribution is 0.0933. The Kier molecular flexibility index (Phi) is 4.71. The van der Waals surface area contributed by atoms with Crippen molar-refractivity contribution in [1.29, 1.82) is 0 Å². The van der Waals surface area contributed by atoms with E-state index in [1.165, 1.54) is 11.3 Å². The second-order valence-electron chi connectivity index (χ2n) is 5.52. The van der Waals surface area contributed by atoms with Crippen molar-refractivity contribution < 1.29 is 4.79 Å². The van der Waals surface area contributed by atoms with Crippen LogP contribution in [0.5, 0.6) is 0 Å². The molecule has 1 aromatic heterocycles. The molecule has 0 atom stereocenters. The van der Waals surface area contributed by atoms with E-state index < -0.39 is 0 Å². The minimum atomic E-state index is 0.0457. The van der Waals surface area contributed by atoms with E-state index >= 15 is 0 Å². The maximum Gasteiger partial charge on any atom is 0.261 e. The first-order valence-electron chi connectivity index (χ1n) is 5.79. The Morgan fingerprint density at radius 1 is 1.47 bits per heavy atom. The monoisotopic (exact) mass is 254 g/mol. The fraction of sp³-hybridized carbons (Fsp3) is 0.615. The highest BCUT2D eigenvalue weighted by Crippen LogP contribution is 2.17. The molecule has 0 aliphatic rings. The summed E-state index contributed by atoms with van der Waals surface area (Å²) in [4.78, 5) is 14.9. The average molecular weight is 254 g/mol. The standard InChI is InChI=1S/C13H22N2OS/c1-10-6-7-17-11(10)12(16)14-8-13(2,3)9-15(4)5/h6-7H,8-9H2,1-5H3,(H,14,16). The van der Waals surface area contributed by atoms with Crippen LogP contribution >= 0.6 is 11.3 Å². The van der Waals surface area contributed by atoms with Crippen LogP contribution in [0.3, 0.4) is 0 Å². The van der Waals surface area contributed by atoms with Gasteiger partial charge in [0.05, 0.1) is 4.88 Å². The molecule has 0 radical (unpaired) electrons. The third-order valence-corrected chi connectivity index (χ3v) is 3.56. The Labute approximate surface area is 108 Å². The van der Waals surface area contributed by atoms with Gasteiger partial charge in [0.2, 0.25) is 0 Å². The molecule has 0 aliphatic carbocycles. The number of aryl methyl sites for hydroxylation is 1. The summed E-state index contributed by atoms with van der Waals surface area (Å²) in [5, 5.41) is 4.97. The van der Waals surface area contributed by atoms with Crippen LogP contribution in [0.1, 0.15) is 29.1 Å². The second-order valence-corrected chi connectivity index (χ2v) is 6.43. The van der Waals surface area contributed by atoms with Gasteiger partial charge in [0, 0.05) is 13.1 Å². The van der Waals surface area contributed by atoms with Gasteiger partial charge in [0.25, 0.3) is 5.91 Å². The first-order chi connectivity index (χ1) is 7.82. The third-order valence-electron chi connectivity index (χ3n) is 2.54. The molecule has 1 heterocycles. The summed E-state index contributed by atoms with van der Waals surface area (Å²) in [6.07, 6.45) is 0. The van der Waals surface area contributed by atoms with Crippen molar-refractivity contribution in [3.05, 3.63) is 21.9 Å². The Hall–Kier alpha value is -0.870. The van der Waals surface area contributed by atoms with Gasteiger partial charge in [-0.15, -0.1) is 11.3 Å². The zero-order valence-corrected chi connectivity index (χ0v) is 12.1. The quantitative estimate of drug-likeness (QED) is 0.875. The van der Waals surface area contributed by atoms with Gasteiger partial charge in [0.15, 0.2) is 0 Å². The summed E-state index contributed by atoms with van der Waals surface area (Å²) in [7, 11) is 4.10. The molecule has 0 aromatic carbocycles. The van der Waals surface area contributed by atoms with E-state index in [4.69, 9.17) is 0 Å². The third kappa shape index (κ3) is 4.48. The molecular weight excluding hydrogens is 232 g/mol. The highest BCUT2D eigenvalue weighted by atomic mass is 32.1. The molecule has 1 rings (SSSR count). The Bertz CT molecular complexity index is 383.